The number of ether oxygens (including phenoxy) is 1. The fraction of sp³-hybridized carbons (Fsp3) is 0.500. The summed E-state index contributed by atoms with van der Waals surface area (Å²) in [5, 5.41) is 3.19. The van der Waals surface area contributed by atoms with Crippen LogP contribution < -0.4 is 5.32 Å². The molecule has 1 rings (SSSR count). The average Bonchev–Trinajstić information content (AvgIpc) is 2.26. The molecule has 1 aromatic rings. The fourth-order valence-corrected chi connectivity index (χ4v) is 1.84. The predicted octanol–water partition coefficient (Wildman–Crippen LogP) is 1.93. The smallest absolute Gasteiger partial charge is 0.175 e. The van der Waals surface area contributed by atoms with E-state index in [9.17, 15) is 8.42 Å². The van der Waals surface area contributed by atoms with Gasteiger partial charge in [0.25, 0.3) is 0 Å². The quantitative estimate of drug-likeness (QED) is 0.875. The number of nitrogens with one attached hydrogen (secondary N) is 1. The Labute approximate surface area is 103 Å². The van der Waals surface area contributed by atoms with Gasteiger partial charge in [0.05, 0.1) is 10.5 Å². The molecule has 0 radical (unpaired) electrons. The largest absolute Gasteiger partial charge is 0.382 e. The van der Waals surface area contributed by atoms with Crippen molar-refractivity contribution in [3.63, 3.8) is 0 Å². The van der Waals surface area contributed by atoms with Crippen LogP contribution in [0.3, 0.4) is 0 Å². The van der Waals surface area contributed by atoms with Gasteiger partial charge in [0.15, 0.2) is 9.84 Å². The Bertz CT molecular complexity index is 463. The Morgan fingerprint density at radius 3 is 2.18 bits per heavy atom. The van der Waals surface area contributed by atoms with Crippen molar-refractivity contribution in [1.82, 2.24) is 0 Å². The zero-order chi connectivity index (χ0) is 13.1. The minimum Gasteiger partial charge on any atom is -0.382 e. The maximum absolute atomic E-state index is 11.3. The van der Waals surface area contributed by atoms with E-state index < -0.39 is 9.84 Å². The molecule has 0 spiro atoms. The first-order valence-electron chi connectivity index (χ1n) is 5.34. The molecular formula is C12H19NO3S. The molecule has 0 saturated heterocycles. The highest BCUT2D eigenvalue weighted by Gasteiger charge is 2.15. The normalized spacial score (nSPS) is 12.5. The van der Waals surface area contributed by atoms with Crippen LogP contribution in [-0.4, -0.2) is 33.9 Å². The summed E-state index contributed by atoms with van der Waals surface area (Å²) in [6.45, 7) is 4.61. The first-order valence-corrected chi connectivity index (χ1v) is 7.23. The summed E-state index contributed by atoms with van der Waals surface area (Å²) in [5.41, 5.74) is 0.623. The molecule has 0 aromatic heterocycles. The number of benzene rings is 1. The van der Waals surface area contributed by atoms with Crippen molar-refractivity contribution in [3.8, 4) is 0 Å². The third kappa shape index (κ3) is 4.36. The monoisotopic (exact) mass is 257 g/mol. The molecule has 0 aliphatic carbocycles. The van der Waals surface area contributed by atoms with Gasteiger partial charge in [0.2, 0.25) is 0 Å². The summed E-state index contributed by atoms with van der Waals surface area (Å²) >= 11 is 0. The molecule has 1 N–H and O–H groups in total. The van der Waals surface area contributed by atoms with E-state index >= 15 is 0 Å². The highest BCUT2D eigenvalue weighted by atomic mass is 32.2. The van der Waals surface area contributed by atoms with Crippen LogP contribution in [0.25, 0.3) is 0 Å². The summed E-state index contributed by atoms with van der Waals surface area (Å²) in [7, 11) is -1.46. The van der Waals surface area contributed by atoms with Gasteiger partial charge in [-0.2, -0.15) is 0 Å². The Morgan fingerprint density at radius 2 is 1.76 bits per heavy atom. The summed E-state index contributed by atoms with van der Waals surface area (Å²) < 4.78 is 27.8. The zero-order valence-electron chi connectivity index (χ0n) is 10.6. The second kappa shape index (κ2) is 5.06. The number of sulfone groups is 1. The van der Waals surface area contributed by atoms with Gasteiger partial charge in [-0.05, 0) is 38.1 Å². The first kappa shape index (κ1) is 14.0. The van der Waals surface area contributed by atoms with Crippen LogP contribution in [0.5, 0.6) is 0 Å². The zero-order valence-corrected chi connectivity index (χ0v) is 11.5. The Morgan fingerprint density at radius 1 is 1.24 bits per heavy atom. The molecular weight excluding hydrogens is 238 g/mol. The van der Waals surface area contributed by atoms with E-state index in [4.69, 9.17) is 4.74 Å². The average molecular weight is 257 g/mol. The third-order valence-electron chi connectivity index (χ3n) is 2.55. The highest BCUT2D eigenvalue weighted by molar-refractivity contribution is 7.90. The van der Waals surface area contributed by atoms with E-state index in [1.807, 2.05) is 13.8 Å². The van der Waals surface area contributed by atoms with Crippen LogP contribution in [0.4, 0.5) is 5.69 Å². The van der Waals surface area contributed by atoms with Crippen LogP contribution in [-0.2, 0) is 14.6 Å². The van der Waals surface area contributed by atoms with E-state index in [-0.39, 0.29) is 5.60 Å². The molecule has 0 aliphatic rings. The molecule has 96 valence electrons. The van der Waals surface area contributed by atoms with Crippen LogP contribution in [0.2, 0.25) is 0 Å². The van der Waals surface area contributed by atoms with Crippen LogP contribution in [0, 0.1) is 0 Å². The second-order valence-electron chi connectivity index (χ2n) is 4.61. The van der Waals surface area contributed by atoms with Gasteiger partial charge < -0.3 is 10.1 Å². The molecule has 5 heteroatoms. The molecule has 0 aliphatic heterocycles. The summed E-state index contributed by atoms with van der Waals surface area (Å²) in [6, 6.07) is 6.69. The Hall–Kier alpha value is -1.07. The summed E-state index contributed by atoms with van der Waals surface area (Å²) in [4.78, 5) is 0.328. The van der Waals surface area contributed by atoms with E-state index in [1.165, 1.54) is 6.26 Å². The maximum atomic E-state index is 11.3. The van der Waals surface area contributed by atoms with Crippen molar-refractivity contribution in [2.75, 3.05) is 25.2 Å². The van der Waals surface area contributed by atoms with Gasteiger partial charge in [-0.1, -0.05) is 0 Å². The van der Waals surface area contributed by atoms with E-state index in [0.717, 1.165) is 5.69 Å². The van der Waals surface area contributed by atoms with Gasteiger partial charge in [0, 0.05) is 25.6 Å². The molecule has 0 saturated carbocycles. The summed E-state index contributed by atoms with van der Waals surface area (Å²) in [5.74, 6) is 0. The lowest BCUT2D eigenvalue weighted by atomic mass is 10.1. The Kier molecular flexibility index (Phi) is 4.16. The van der Waals surface area contributed by atoms with Gasteiger partial charge in [-0.15, -0.1) is 0 Å². The number of anilines is 1. The molecule has 0 heterocycles. The van der Waals surface area contributed by atoms with Crippen molar-refractivity contribution >= 4 is 15.5 Å². The number of hydrogen-bond acceptors (Lipinski definition) is 4. The maximum Gasteiger partial charge on any atom is 0.175 e. The molecule has 0 bridgehead atoms. The van der Waals surface area contributed by atoms with E-state index in [1.54, 1.807) is 31.4 Å². The molecule has 0 amide bonds. The lowest BCUT2D eigenvalue weighted by Crippen LogP contribution is -2.32. The molecule has 0 unspecified atom stereocenters. The molecule has 17 heavy (non-hydrogen) atoms. The van der Waals surface area contributed by atoms with Crippen molar-refractivity contribution in [3.05, 3.63) is 24.3 Å². The predicted molar refractivity (Wildman–Crippen MR) is 69.1 cm³/mol. The standard InChI is InChI=1S/C12H19NO3S/c1-12(2,16-3)9-13-10-5-7-11(8-6-10)17(4,14)15/h5-8,13H,9H2,1-4H3. The topological polar surface area (TPSA) is 55.4 Å². The number of rotatable bonds is 5. The highest BCUT2D eigenvalue weighted by Crippen LogP contribution is 2.15. The van der Waals surface area contributed by atoms with E-state index in [0.29, 0.717) is 11.4 Å². The molecule has 4 nitrogen and oxygen atoms in total. The van der Waals surface area contributed by atoms with E-state index in [2.05, 4.69) is 5.32 Å². The van der Waals surface area contributed by atoms with Crippen molar-refractivity contribution in [1.29, 1.82) is 0 Å². The number of hydrogen-bond donors (Lipinski definition) is 1. The lowest BCUT2D eigenvalue weighted by Gasteiger charge is -2.23. The van der Waals surface area contributed by atoms with Crippen LogP contribution >= 0.6 is 0 Å². The minimum absolute atomic E-state index is 0.254. The number of methoxy groups -OCH3 is 1. The van der Waals surface area contributed by atoms with Crippen molar-refractivity contribution in [2.24, 2.45) is 0 Å². The molecule has 1 aromatic carbocycles. The summed E-state index contributed by atoms with van der Waals surface area (Å²) in [6.07, 6.45) is 1.20. The molecule has 0 fully saturated rings. The SMILES string of the molecule is COC(C)(C)CNc1ccc(S(C)(=O)=O)cc1. The van der Waals surface area contributed by atoms with Crippen molar-refractivity contribution < 1.29 is 13.2 Å². The van der Waals surface area contributed by atoms with Gasteiger partial charge in [-0.25, -0.2) is 8.42 Å². The Balaban J connectivity index is 2.70. The minimum atomic E-state index is -3.12. The second-order valence-corrected chi connectivity index (χ2v) is 6.63. The lowest BCUT2D eigenvalue weighted by molar-refractivity contribution is 0.0344. The third-order valence-corrected chi connectivity index (χ3v) is 3.68. The van der Waals surface area contributed by atoms with Crippen molar-refractivity contribution in [2.45, 2.75) is 24.3 Å². The van der Waals surface area contributed by atoms with Crippen LogP contribution in [0.1, 0.15) is 13.8 Å². The van der Waals surface area contributed by atoms with Gasteiger partial charge >= 0.3 is 0 Å². The fourth-order valence-electron chi connectivity index (χ4n) is 1.21. The van der Waals surface area contributed by atoms with Gasteiger partial charge in [0.1, 0.15) is 0 Å². The van der Waals surface area contributed by atoms with Crippen LogP contribution in [0.15, 0.2) is 29.2 Å². The molecule has 0 atom stereocenters. The van der Waals surface area contributed by atoms with Gasteiger partial charge in [-0.3, -0.25) is 0 Å². The first-order chi connectivity index (χ1) is 7.74.